The van der Waals surface area contributed by atoms with Gasteiger partial charge in [0.05, 0.1) is 0 Å². The van der Waals surface area contributed by atoms with Gasteiger partial charge in [0.1, 0.15) is 11.6 Å². The van der Waals surface area contributed by atoms with Crippen molar-refractivity contribution in [3.8, 4) is 0 Å². The summed E-state index contributed by atoms with van der Waals surface area (Å²) in [4.78, 5) is 0. The predicted octanol–water partition coefficient (Wildman–Crippen LogP) is 4.56. The van der Waals surface area contributed by atoms with E-state index in [1.165, 1.54) is 23.3 Å². The highest BCUT2D eigenvalue weighted by molar-refractivity contribution is 5.24. The Kier molecular flexibility index (Phi) is 5.45. The van der Waals surface area contributed by atoms with Crippen molar-refractivity contribution in [2.24, 2.45) is 0 Å². The summed E-state index contributed by atoms with van der Waals surface area (Å²) < 4.78 is 26.8. The molecule has 1 N–H and O–H groups in total. The summed E-state index contributed by atoms with van der Waals surface area (Å²) >= 11 is 0. The van der Waals surface area contributed by atoms with Gasteiger partial charge in [-0.2, -0.15) is 0 Å². The third-order valence-corrected chi connectivity index (χ3v) is 3.54. The molecule has 3 heteroatoms. The normalized spacial score (nSPS) is 12.4. The Morgan fingerprint density at radius 2 is 1.76 bits per heavy atom. The molecule has 1 atom stereocenters. The van der Waals surface area contributed by atoms with Crippen LogP contribution in [0, 0.1) is 18.6 Å². The fourth-order valence-corrected chi connectivity index (χ4v) is 2.59. The maximum Gasteiger partial charge on any atom is 0.126 e. The van der Waals surface area contributed by atoms with Crippen molar-refractivity contribution in [1.82, 2.24) is 5.32 Å². The smallest absolute Gasteiger partial charge is 0.126 e. The second-order valence-corrected chi connectivity index (χ2v) is 5.34. The molecule has 0 aromatic heterocycles. The Balaban J connectivity index is 2.11. The number of halogens is 2. The molecule has 0 heterocycles. The Morgan fingerprint density at radius 3 is 2.38 bits per heavy atom. The molecule has 0 saturated carbocycles. The lowest BCUT2D eigenvalue weighted by molar-refractivity contribution is 0.503. The fraction of sp³-hybridized carbons (Fsp3) is 0.333. The van der Waals surface area contributed by atoms with Crippen molar-refractivity contribution in [2.45, 2.75) is 32.7 Å². The van der Waals surface area contributed by atoms with Gasteiger partial charge in [-0.15, -0.1) is 0 Å². The van der Waals surface area contributed by atoms with Gasteiger partial charge in [0, 0.05) is 12.1 Å². The van der Waals surface area contributed by atoms with Crippen molar-refractivity contribution >= 4 is 0 Å². The maximum atomic E-state index is 13.4. The molecule has 0 fully saturated rings. The summed E-state index contributed by atoms with van der Waals surface area (Å²) in [5.41, 5.74) is 3.14. The highest BCUT2D eigenvalue weighted by atomic mass is 19.1. The molecule has 2 rings (SSSR count). The van der Waals surface area contributed by atoms with Crippen LogP contribution in [0.4, 0.5) is 8.78 Å². The molecule has 2 aromatic carbocycles. The van der Waals surface area contributed by atoms with Crippen LogP contribution >= 0.6 is 0 Å². The van der Waals surface area contributed by atoms with Crippen LogP contribution in [0.2, 0.25) is 0 Å². The van der Waals surface area contributed by atoms with Gasteiger partial charge >= 0.3 is 0 Å². The van der Waals surface area contributed by atoms with Crippen LogP contribution < -0.4 is 5.32 Å². The van der Waals surface area contributed by atoms with E-state index in [4.69, 9.17) is 0 Å². The van der Waals surface area contributed by atoms with E-state index in [9.17, 15) is 8.78 Å². The first kappa shape index (κ1) is 15.6. The van der Waals surface area contributed by atoms with Crippen LogP contribution in [0.3, 0.4) is 0 Å². The highest BCUT2D eigenvalue weighted by Gasteiger charge is 2.13. The number of rotatable bonds is 6. The highest BCUT2D eigenvalue weighted by Crippen LogP contribution is 2.21. The first-order chi connectivity index (χ1) is 10.1. The summed E-state index contributed by atoms with van der Waals surface area (Å²) in [5, 5.41) is 3.30. The first-order valence-electron chi connectivity index (χ1n) is 7.33. The Morgan fingerprint density at radius 1 is 1.05 bits per heavy atom. The molecule has 112 valence electrons. The number of aryl methyl sites for hydroxylation is 2. The van der Waals surface area contributed by atoms with Crippen molar-refractivity contribution in [3.05, 3.63) is 70.8 Å². The lowest BCUT2D eigenvalue weighted by atomic mass is 9.98. The van der Waals surface area contributed by atoms with Gasteiger partial charge in [-0.1, -0.05) is 36.8 Å². The van der Waals surface area contributed by atoms with Crippen molar-refractivity contribution in [2.75, 3.05) is 6.54 Å². The van der Waals surface area contributed by atoms with E-state index in [2.05, 4.69) is 30.4 Å². The zero-order chi connectivity index (χ0) is 15.2. The number of hydrogen-bond donors (Lipinski definition) is 1. The number of nitrogens with one attached hydrogen (secondary N) is 1. The fourth-order valence-electron chi connectivity index (χ4n) is 2.59. The van der Waals surface area contributed by atoms with E-state index in [0.29, 0.717) is 5.56 Å². The third-order valence-electron chi connectivity index (χ3n) is 3.54. The molecule has 0 amide bonds. The molecule has 0 radical (unpaired) electrons. The zero-order valence-electron chi connectivity index (χ0n) is 12.5. The second kappa shape index (κ2) is 7.32. The molecule has 0 aliphatic heterocycles. The Labute approximate surface area is 125 Å². The third kappa shape index (κ3) is 4.64. The quantitative estimate of drug-likeness (QED) is 0.822. The van der Waals surface area contributed by atoms with Gasteiger partial charge in [0.15, 0.2) is 0 Å². The second-order valence-electron chi connectivity index (χ2n) is 5.34. The van der Waals surface area contributed by atoms with E-state index in [1.54, 1.807) is 0 Å². The van der Waals surface area contributed by atoms with Gasteiger partial charge in [-0.05, 0) is 49.6 Å². The molecule has 1 nitrogen and oxygen atoms in total. The molecule has 0 aliphatic rings. The number of benzene rings is 2. The molecule has 2 aromatic rings. The van der Waals surface area contributed by atoms with Crippen LogP contribution in [0.5, 0.6) is 0 Å². The molecule has 0 bridgehead atoms. The minimum absolute atomic E-state index is 0.0410. The summed E-state index contributed by atoms with van der Waals surface area (Å²) in [6, 6.07) is 12.0. The molecular formula is C18H21F2N. The topological polar surface area (TPSA) is 12.0 Å². The van der Waals surface area contributed by atoms with Crippen LogP contribution in [-0.4, -0.2) is 6.54 Å². The van der Waals surface area contributed by atoms with E-state index in [1.807, 2.05) is 13.0 Å². The van der Waals surface area contributed by atoms with Crippen LogP contribution in [-0.2, 0) is 6.42 Å². The van der Waals surface area contributed by atoms with Gasteiger partial charge in [-0.25, -0.2) is 8.78 Å². The largest absolute Gasteiger partial charge is 0.310 e. The van der Waals surface area contributed by atoms with Gasteiger partial charge in [0.25, 0.3) is 0 Å². The minimum atomic E-state index is -0.525. The predicted molar refractivity (Wildman–Crippen MR) is 82.3 cm³/mol. The molecule has 0 saturated heterocycles. The van der Waals surface area contributed by atoms with Crippen molar-refractivity contribution in [3.63, 3.8) is 0 Å². The standard InChI is InChI=1S/C18H21F2N/c1-3-21-18(15-10-16(19)12-17(20)11-15)8-7-14-6-4-5-13(2)9-14/h4-6,9-12,18,21H,3,7-8H2,1-2H3. The van der Waals surface area contributed by atoms with Crippen LogP contribution in [0.1, 0.15) is 36.1 Å². The monoisotopic (exact) mass is 289 g/mol. The van der Waals surface area contributed by atoms with Gasteiger partial charge < -0.3 is 5.32 Å². The average Bonchev–Trinajstić information content (AvgIpc) is 2.42. The molecule has 0 aliphatic carbocycles. The average molecular weight is 289 g/mol. The van der Waals surface area contributed by atoms with Crippen LogP contribution in [0.15, 0.2) is 42.5 Å². The lowest BCUT2D eigenvalue weighted by Gasteiger charge is -2.19. The summed E-state index contributed by atoms with van der Waals surface area (Å²) in [6.07, 6.45) is 1.68. The molecule has 21 heavy (non-hydrogen) atoms. The molecule has 1 unspecified atom stereocenters. The summed E-state index contributed by atoms with van der Waals surface area (Å²) in [6.45, 7) is 4.82. The lowest BCUT2D eigenvalue weighted by Crippen LogP contribution is -2.21. The minimum Gasteiger partial charge on any atom is -0.310 e. The SMILES string of the molecule is CCNC(CCc1cccc(C)c1)c1cc(F)cc(F)c1. The van der Waals surface area contributed by atoms with Crippen molar-refractivity contribution in [1.29, 1.82) is 0 Å². The van der Waals surface area contributed by atoms with Crippen LogP contribution in [0.25, 0.3) is 0 Å². The molecule has 0 spiro atoms. The summed E-state index contributed by atoms with van der Waals surface area (Å²) in [5.74, 6) is -1.05. The zero-order valence-corrected chi connectivity index (χ0v) is 12.5. The van der Waals surface area contributed by atoms with Gasteiger partial charge in [0.2, 0.25) is 0 Å². The summed E-state index contributed by atoms with van der Waals surface area (Å²) in [7, 11) is 0. The van der Waals surface area contributed by atoms with Crippen molar-refractivity contribution < 1.29 is 8.78 Å². The van der Waals surface area contributed by atoms with E-state index >= 15 is 0 Å². The van der Waals surface area contributed by atoms with E-state index < -0.39 is 11.6 Å². The Bertz CT molecular complexity index is 575. The van der Waals surface area contributed by atoms with Gasteiger partial charge in [-0.3, -0.25) is 0 Å². The van der Waals surface area contributed by atoms with E-state index in [-0.39, 0.29) is 6.04 Å². The Hall–Kier alpha value is -1.74. The first-order valence-corrected chi connectivity index (χ1v) is 7.33. The molecular weight excluding hydrogens is 268 g/mol. The van der Waals surface area contributed by atoms with E-state index in [0.717, 1.165) is 25.5 Å². The number of hydrogen-bond acceptors (Lipinski definition) is 1. The maximum absolute atomic E-state index is 13.4.